The maximum atomic E-state index is 12.0. The molecule has 0 spiro atoms. The van der Waals surface area contributed by atoms with E-state index in [0.717, 1.165) is 24.4 Å². The van der Waals surface area contributed by atoms with E-state index >= 15 is 0 Å². The fourth-order valence-electron chi connectivity index (χ4n) is 3.23. The fourth-order valence-corrected chi connectivity index (χ4v) is 3.23. The number of nitrogens with one attached hydrogen (secondary N) is 3. The Hall–Kier alpha value is -2.30. The minimum Gasteiger partial charge on any atom is -0.334 e. The molecule has 1 saturated carbocycles. The standard InChI is InChI=1S/C20H29N3O2/c1-2-15-21-20(25)23-18-13-11-17(12-14-18)22-19(24)10-6-9-16-7-4-3-5-8-16/h2,11-14,16H,1,3-10,15H2,(H,22,24)(H2,21,23,25). The van der Waals surface area contributed by atoms with Crippen LogP contribution in [0, 0.1) is 5.92 Å². The van der Waals surface area contributed by atoms with Crippen molar-refractivity contribution in [3.63, 3.8) is 0 Å². The molecule has 2 rings (SSSR count). The van der Waals surface area contributed by atoms with Crippen molar-refractivity contribution in [2.45, 2.75) is 51.4 Å². The van der Waals surface area contributed by atoms with Gasteiger partial charge in [-0.1, -0.05) is 38.2 Å². The van der Waals surface area contributed by atoms with Crippen molar-refractivity contribution >= 4 is 23.3 Å². The first-order valence-electron chi connectivity index (χ1n) is 9.23. The normalized spacial score (nSPS) is 14.6. The molecule has 0 heterocycles. The second kappa shape index (κ2) is 10.5. The van der Waals surface area contributed by atoms with Gasteiger partial charge in [-0.2, -0.15) is 0 Å². The summed E-state index contributed by atoms with van der Waals surface area (Å²) in [6, 6.07) is 6.85. The van der Waals surface area contributed by atoms with Crippen LogP contribution in [0.5, 0.6) is 0 Å². The van der Waals surface area contributed by atoms with Gasteiger partial charge in [0, 0.05) is 24.3 Å². The molecular weight excluding hydrogens is 314 g/mol. The van der Waals surface area contributed by atoms with Gasteiger partial charge in [0.2, 0.25) is 5.91 Å². The van der Waals surface area contributed by atoms with E-state index < -0.39 is 0 Å². The molecule has 0 unspecified atom stereocenters. The van der Waals surface area contributed by atoms with Gasteiger partial charge in [-0.15, -0.1) is 6.58 Å². The Bertz CT molecular complexity index is 563. The number of hydrogen-bond acceptors (Lipinski definition) is 2. The largest absolute Gasteiger partial charge is 0.334 e. The Labute approximate surface area is 150 Å². The van der Waals surface area contributed by atoms with Gasteiger partial charge in [-0.05, 0) is 43.0 Å². The molecule has 0 aliphatic heterocycles. The Morgan fingerprint density at radius 2 is 1.68 bits per heavy atom. The van der Waals surface area contributed by atoms with Gasteiger partial charge >= 0.3 is 6.03 Å². The summed E-state index contributed by atoms with van der Waals surface area (Å²) in [6.45, 7) is 3.96. The minimum atomic E-state index is -0.278. The molecule has 3 amide bonds. The molecule has 1 fully saturated rings. The van der Waals surface area contributed by atoms with Crippen LogP contribution in [0.15, 0.2) is 36.9 Å². The Morgan fingerprint density at radius 1 is 1.04 bits per heavy atom. The van der Waals surface area contributed by atoms with Crippen molar-refractivity contribution in [3.8, 4) is 0 Å². The van der Waals surface area contributed by atoms with Gasteiger partial charge in [0.1, 0.15) is 0 Å². The molecule has 0 saturated heterocycles. The Morgan fingerprint density at radius 3 is 2.32 bits per heavy atom. The average Bonchev–Trinajstić information content (AvgIpc) is 2.62. The number of benzene rings is 1. The zero-order valence-corrected chi connectivity index (χ0v) is 14.9. The van der Waals surface area contributed by atoms with Crippen molar-refractivity contribution in [2.75, 3.05) is 17.2 Å². The van der Waals surface area contributed by atoms with Crippen molar-refractivity contribution in [1.29, 1.82) is 0 Å². The van der Waals surface area contributed by atoms with E-state index in [-0.39, 0.29) is 11.9 Å². The van der Waals surface area contributed by atoms with E-state index in [0.29, 0.717) is 18.7 Å². The summed E-state index contributed by atoms with van der Waals surface area (Å²) in [5.41, 5.74) is 1.43. The van der Waals surface area contributed by atoms with Crippen LogP contribution in [0.1, 0.15) is 51.4 Å². The number of carbonyl (C=O) groups is 2. The van der Waals surface area contributed by atoms with Crippen molar-refractivity contribution in [2.24, 2.45) is 5.92 Å². The van der Waals surface area contributed by atoms with E-state index in [1.165, 1.54) is 32.1 Å². The molecule has 0 radical (unpaired) electrons. The molecular formula is C20H29N3O2. The number of hydrogen-bond donors (Lipinski definition) is 3. The number of rotatable bonds is 8. The lowest BCUT2D eigenvalue weighted by Gasteiger charge is -2.21. The van der Waals surface area contributed by atoms with Gasteiger partial charge in [0.25, 0.3) is 0 Å². The third-order valence-electron chi connectivity index (χ3n) is 4.57. The van der Waals surface area contributed by atoms with Crippen molar-refractivity contribution in [3.05, 3.63) is 36.9 Å². The predicted molar refractivity (Wildman–Crippen MR) is 103 cm³/mol. The van der Waals surface area contributed by atoms with Crippen LogP contribution >= 0.6 is 0 Å². The summed E-state index contributed by atoms with van der Waals surface area (Å²) in [5, 5.41) is 8.27. The molecule has 5 nitrogen and oxygen atoms in total. The Balaban J connectivity index is 1.68. The summed E-state index contributed by atoms with van der Waals surface area (Å²) in [4.78, 5) is 23.6. The average molecular weight is 343 g/mol. The molecule has 1 aromatic carbocycles. The number of anilines is 2. The first-order valence-corrected chi connectivity index (χ1v) is 9.23. The first kappa shape index (κ1) is 19.0. The maximum Gasteiger partial charge on any atom is 0.319 e. The molecule has 1 aliphatic carbocycles. The van der Waals surface area contributed by atoms with Gasteiger partial charge in [0.15, 0.2) is 0 Å². The highest BCUT2D eigenvalue weighted by atomic mass is 16.2. The molecule has 5 heteroatoms. The van der Waals surface area contributed by atoms with Crippen LogP contribution in [0.2, 0.25) is 0 Å². The van der Waals surface area contributed by atoms with Crippen LogP contribution in [0.3, 0.4) is 0 Å². The molecule has 25 heavy (non-hydrogen) atoms. The maximum absolute atomic E-state index is 12.0. The van der Waals surface area contributed by atoms with Crippen molar-refractivity contribution in [1.82, 2.24) is 5.32 Å². The summed E-state index contributed by atoms with van der Waals surface area (Å²) in [6.07, 6.45) is 11.0. The third-order valence-corrected chi connectivity index (χ3v) is 4.57. The summed E-state index contributed by atoms with van der Waals surface area (Å²) >= 11 is 0. The monoisotopic (exact) mass is 343 g/mol. The summed E-state index contributed by atoms with van der Waals surface area (Å²) in [7, 11) is 0. The van der Waals surface area contributed by atoms with E-state index in [9.17, 15) is 9.59 Å². The third kappa shape index (κ3) is 7.42. The zero-order valence-electron chi connectivity index (χ0n) is 14.9. The van der Waals surface area contributed by atoms with Gasteiger partial charge in [-0.3, -0.25) is 4.79 Å². The van der Waals surface area contributed by atoms with Crippen LogP contribution in [0.25, 0.3) is 0 Å². The zero-order chi connectivity index (χ0) is 17.9. The van der Waals surface area contributed by atoms with Crippen LogP contribution in [-0.2, 0) is 4.79 Å². The highest BCUT2D eigenvalue weighted by molar-refractivity contribution is 5.92. The smallest absolute Gasteiger partial charge is 0.319 e. The minimum absolute atomic E-state index is 0.0558. The number of carbonyl (C=O) groups excluding carboxylic acids is 2. The molecule has 136 valence electrons. The van der Waals surface area contributed by atoms with Crippen LogP contribution in [0.4, 0.5) is 16.2 Å². The highest BCUT2D eigenvalue weighted by Gasteiger charge is 2.13. The lowest BCUT2D eigenvalue weighted by Crippen LogP contribution is -2.28. The lowest BCUT2D eigenvalue weighted by molar-refractivity contribution is -0.116. The second-order valence-electron chi connectivity index (χ2n) is 6.65. The van der Waals surface area contributed by atoms with Gasteiger partial charge in [0.05, 0.1) is 0 Å². The summed E-state index contributed by atoms with van der Waals surface area (Å²) < 4.78 is 0. The Kier molecular flexibility index (Phi) is 8.02. The van der Waals surface area contributed by atoms with Crippen molar-refractivity contribution < 1.29 is 9.59 Å². The topological polar surface area (TPSA) is 70.2 Å². The molecule has 3 N–H and O–H groups in total. The van der Waals surface area contributed by atoms with E-state index in [4.69, 9.17) is 0 Å². The van der Waals surface area contributed by atoms with Crippen LogP contribution < -0.4 is 16.0 Å². The fraction of sp³-hybridized carbons (Fsp3) is 0.500. The molecule has 0 aromatic heterocycles. The van der Waals surface area contributed by atoms with E-state index in [1.807, 2.05) is 0 Å². The predicted octanol–water partition coefficient (Wildman–Crippen LogP) is 4.68. The SMILES string of the molecule is C=CCNC(=O)Nc1ccc(NC(=O)CCCC2CCCCC2)cc1. The second-order valence-corrected chi connectivity index (χ2v) is 6.65. The number of amides is 3. The van der Waals surface area contributed by atoms with Gasteiger partial charge in [-0.25, -0.2) is 4.79 Å². The molecule has 1 aromatic rings. The molecule has 0 atom stereocenters. The van der Waals surface area contributed by atoms with Crippen LogP contribution in [-0.4, -0.2) is 18.5 Å². The quantitative estimate of drug-likeness (QED) is 0.600. The molecule has 0 bridgehead atoms. The highest BCUT2D eigenvalue weighted by Crippen LogP contribution is 2.27. The summed E-state index contributed by atoms with van der Waals surface area (Å²) in [5.74, 6) is 0.874. The number of urea groups is 1. The molecule has 1 aliphatic rings. The van der Waals surface area contributed by atoms with E-state index in [1.54, 1.807) is 30.3 Å². The first-order chi connectivity index (χ1) is 12.2. The lowest BCUT2D eigenvalue weighted by atomic mass is 9.86. The van der Waals surface area contributed by atoms with Gasteiger partial charge < -0.3 is 16.0 Å². The van der Waals surface area contributed by atoms with E-state index in [2.05, 4.69) is 22.5 Å².